The average molecular weight is 340 g/mol. The lowest BCUT2D eigenvalue weighted by Gasteiger charge is -2.09. The third kappa shape index (κ3) is 4.47. The van der Waals surface area contributed by atoms with Crippen molar-refractivity contribution in [3.63, 3.8) is 0 Å². The molecule has 0 fully saturated rings. The fraction of sp³-hybridized carbons (Fsp3) is 0.143. The van der Waals surface area contributed by atoms with E-state index in [0.29, 0.717) is 0 Å². The van der Waals surface area contributed by atoms with Gasteiger partial charge in [0, 0.05) is 18.7 Å². The molecule has 7 nitrogen and oxygen atoms in total. The number of nitrogens with zero attached hydrogens (tertiary/aromatic N) is 1. The monoisotopic (exact) mass is 340 g/mol. The Morgan fingerprint density at radius 3 is 2.39 bits per heavy atom. The van der Waals surface area contributed by atoms with Crippen LogP contribution in [0.15, 0.2) is 53.4 Å². The summed E-state index contributed by atoms with van der Waals surface area (Å²) in [6.07, 6.45) is 0. The van der Waals surface area contributed by atoms with Gasteiger partial charge in [-0.05, 0) is 24.3 Å². The van der Waals surface area contributed by atoms with Gasteiger partial charge in [0.05, 0.1) is 9.82 Å². The number of nitro groups is 1. The summed E-state index contributed by atoms with van der Waals surface area (Å²) >= 11 is 0. The van der Waals surface area contributed by atoms with Crippen LogP contribution in [0.5, 0.6) is 5.75 Å². The number of benzene rings is 2. The van der Waals surface area contributed by atoms with Gasteiger partial charge in [-0.25, -0.2) is 17.5 Å². The number of para-hydroxylation sites is 1. The molecule has 1 N–H and O–H groups in total. The van der Waals surface area contributed by atoms with Crippen molar-refractivity contribution in [1.82, 2.24) is 4.72 Å². The predicted octanol–water partition coefficient (Wildman–Crippen LogP) is 2.09. The van der Waals surface area contributed by atoms with Crippen molar-refractivity contribution in [2.75, 3.05) is 13.2 Å². The van der Waals surface area contributed by atoms with Crippen LogP contribution in [0.25, 0.3) is 0 Å². The second-order valence-electron chi connectivity index (χ2n) is 4.43. The zero-order valence-electron chi connectivity index (χ0n) is 11.8. The molecular formula is C14H13FN2O5S. The third-order valence-electron chi connectivity index (χ3n) is 2.85. The number of nitrogens with one attached hydrogen (secondary N) is 1. The Bertz CT molecular complexity index is 793. The van der Waals surface area contributed by atoms with Crippen LogP contribution >= 0.6 is 0 Å². The molecule has 0 heterocycles. The summed E-state index contributed by atoms with van der Waals surface area (Å²) in [6, 6.07) is 10.3. The van der Waals surface area contributed by atoms with Crippen molar-refractivity contribution in [1.29, 1.82) is 0 Å². The van der Waals surface area contributed by atoms with Crippen molar-refractivity contribution in [2.24, 2.45) is 0 Å². The van der Waals surface area contributed by atoms with Crippen molar-refractivity contribution >= 4 is 15.7 Å². The fourth-order valence-electron chi connectivity index (χ4n) is 1.73. The number of nitro benzene ring substituents is 1. The summed E-state index contributed by atoms with van der Waals surface area (Å²) in [4.78, 5) is 9.81. The van der Waals surface area contributed by atoms with E-state index in [1.54, 1.807) is 6.07 Å². The third-order valence-corrected chi connectivity index (χ3v) is 4.32. The molecule has 0 bridgehead atoms. The lowest BCUT2D eigenvalue weighted by molar-refractivity contribution is -0.384. The van der Waals surface area contributed by atoms with Gasteiger partial charge in [0.1, 0.15) is 6.61 Å². The molecule has 2 aromatic carbocycles. The number of ether oxygens (including phenoxy) is 1. The molecule has 23 heavy (non-hydrogen) atoms. The average Bonchev–Trinajstić information content (AvgIpc) is 2.53. The van der Waals surface area contributed by atoms with Crippen molar-refractivity contribution in [3.8, 4) is 5.75 Å². The quantitative estimate of drug-likeness (QED) is 0.473. The molecule has 0 aromatic heterocycles. The van der Waals surface area contributed by atoms with E-state index in [0.717, 1.165) is 24.3 Å². The van der Waals surface area contributed by atoms with Gasteiger partial charge in [0.2, 0.25) is 10.0 Å². The summed E-state index contributed by atoms with van der Waals surface area (Å²) in [6.45, 7) is -0.138. The normalized spacial score (nSPS) is 11.2. The standard InChI is InChI=1S/C14H13FN2O5S/c15-13-3-1-2-4-14(13)22-10-9-16-23(20,21)12-7-5-11(6-8-12)17(18)19/h1-8,16H,9-10H2. The van der Waals surface area contributed by atoms with E-state index in [-0.39, 0.29) is 29.5 Å². The number of non-ortho nitro benzene ring substituents is 1. The molecule has 0 unspecified atom stereocenters. The molecule has 0 aliphatic rings. The van der Waals surface area contributed by atoms with E-state index >= 15 is 0 Å². The smallest absolute Gasteiger partial charge is 0.269 e. The number of hydrogen-bond donors (Lipinski definition) is 1. The number of hydrogen-bond acceptors (Lipinski definition) is 5. The Labute approximate surface area is 131 Å². The first-order valence-electron chi connectivity index (χ1n) is 6.51. The number of rotatable bonds is 7. The number of sulfonamides is 1. The van der Waals surface area contributed by atoms with E-state index in [1.807, 2.05) is 0 Å². The van der Waals surface area contributed by atoms with Crippen LogP contribution in [0.4, 0.5) is 10.1 Å². The van der Waals surface area contributed by atoms with Crippen LogP contribution in [0, 0.1) is 15.9 Å². The second-order valence-corrected chi connectivity index (χ2v) is 6.19. The van der Waals surface area contributed by atoms with E-state index < -0.39 is 20.8 Å². The van der Waals surface area contributed by atoms with Gasteiger partial charge in [-0.15, -0.1) is 0 Å². The zero-order chi connectivity index (χ0) is 16.9. The fourth-order valence-corrected chi connectivity index (χ4v) is 2.74. The predicted molar refractivity (Wildman–Crippen MR) is 80.2 cm³/mol. The molecule has 2 rings (SSSR count). The lowest BCUT2D eigenvalue weighted by Crippen LogP contribution is -2.28. The van der Waals surface area contributed by atoms with Crippen LogP contribution in [0.3, 0.4) is 0 Å². The molecule has 0 aliphatic carbocycles. The molecule has 0 saturated carbocycles. The van der Waals surface area contributed by atoms with Gasteiger partial charge in [0.15, 0.2) is 11.6 Å². The summed E-state index contributed by atoms with van der Waals surface area (Å²) in [5, 5.41) is 10.5. The van der Waals surface area contributed by atoms with Gasteiger partial charge in [0.25, 0.3) is 5.69 Å². The zero-order valence-corrected chi connectivity index (χ0v) is 12.6. The van der Waals surface area contributed by atoms with Gasteiger partial charge < -0.3 is 4.74 Å². The minimum atomic E-state index is -3.81. The maximum Gasteiger partial charge on any atom is 0.269 e. The van der Waals surface area contributed by atoms with Gasteiger partial charge in [-0.2, -0.15) is 0 Å². The maximum atomic E-state index is 13.3. The first-order valence-corrected chi connectivity index (χ1v) is 8.00. The highest BCUT2D eigenvalue weighted by Crippen LogP contribution is 2.16. The molecule has 2 aromatic rings. The molecule has 0 spiro atoms. The number of halogens is 1. The van der Waals surface area contributed by atoms with Gasteiger partial charge >= 0.3 is 0 Å². The van der Waals surface area contributed by atoms with Crippen LogP contribution < -0.4 is 9.46 Å². The lowest BCUT2D eigenvalue weighted by atomic mass is 10.3. The molecule has 122 valence electrons. The summed E-state index contributed by atoms with van der Waals surface area (Å²) in [5.74, 6) is -0.507. The van der Waals surface area contributed by atoms with Crippen molar-refractivity contribution in [3.05, 3.63) is 64.5 Å². The van der Waals surface area contributed by atoms with Crippen LogP contribution in [-0.4, -0.2) is 26.5 Å². The molecule has 0 amide bonds. The van der Waals surface area contributed by atoms with E-state index in [4.69, 9.17) is 4.74 Å². The first kappa shape index (κ1) is 16.8. The summed E-state index contributed by atoms with van der Waals surface area (Å²) < 4.78 is 44.7. The molecule has 9 heteroatoms. The Balaban J connectivity index is 1.91. The van der Waals surface area contributed by atoms with Gasteiger partial charge in [-0.1, -0.05) is 12.1 Å². The maximum absolute atomic E-state index is 13.3. The molecule has 0 aliphatic heterocycles. The Morgan fingerprint density at radius 2 is 1.78 bits per heavy atom. The van der Waals surface area contributed by atoms with Crippen LogP contribution in [0.1, 0.15) is 0 Å². The molecule has 0 radical (unpaired) electrons. The molecular weight excluding hydrogens is 327 g/mol. The Hall–Kier alpha value is -2.52. The van der Waals surface area contributed by atoms with Gasteiger partial charge in [-0.3, -0.25) is 10.1 Å². The highest BCUT2D eigenvalue weighted by atomic mass is 32.2. The topological polar surface area (TPSA) is 98.5 Å². The molecule has 0 saturated heterocycles. The summed E-state index contributed by atoms with van der Waals surface area (Å²) in [7, 11) is -3.81. The Morgan fingerprint density at radius 1 is 1.13 bits per heavy atom. The highest BCUT2D eigenvalue weighted by molar-refractivity contribution is 7.89. The van der Waals surface area contributed by atoms with Crippen LogP contribution in [-0.2, 0) is 10.0 Å². The summed E-state index contributed by atoms with van der Waals surface area (Å²) in [5.41, 5.74) is -0.202. The first-order chi connectivity index (χ1) is 10.9. The second kappa shape index (κ2) is 7.16. The van der Waals surface area contributed by atoms with Crippen molar-refractivity contribution in [2.45, 2.75) is 4.90 Å². The minimum Gasteiger partial charge on any atom is -0.489 e. The largest absolute Gasteiger partial charge is 0.489 e. The van der Waals surface area contributed by atoms with Crippen molar-refractivity contribution < 1.29 is 22.5 Å². The van der Waals surface area contributed by atoms with E-state index in [1.165, 1.54) is 18.2 Å². The minimum absolute atomic E-state index is 0.0297. The molecule has 0 atom stereocenters. The van der Waals surface area contributed by atoms with E-state index in [2.05, 4.69) is 4.72 Å². The Kier molecular flexibility index (Phi) is 5.24. The highest BCUT2D eigenvalue weighted by Gasteiger charge is 2.15. The van der Waals surface area contributed by atoms with E-state index in [9.17, 15) is 22.9 Å². The SMILES string of the molecule is O=[N+]([O-])c1ccc(S(=O)(=O)NCCOc2ccccc2F)cc1. The van der Waals surface area contributed by atoms with Crippen LogP contribution in [0.2, 0.25) is 0 Å².